The summed E-state index contributed by atoms with van der Waals surface area (Å²) in [5, 5.41) is 0.775. The minimum atomic E-state index is -4.46. The number of alkyl halides is 3. The Kier molecular flexibility index (Phi) is 5.84. The number of rotatable bonds is 5. The van der Waals surface area contributed by atoms with Crippen molar-refractivity contribution in [2.75, 3.05) is 6.54 Å². The van der Waals surface area contributed by atoms with E-state index in [1.807, 2.05) is 24.3 Å². The predicted molar refractivity (Wildman–Crippen MR) is 108 cm³/mol. The molecule has 1 heterocycles. The average Bonchev–Trinajstić information content (AvgIpc) is 2.95. The number of benzene rings is 2. The third kappa shape index (κ3) is 3.73. The summed E-state index contributed by atoms with van der Waals surface area (Å²) in [5.74, 6) is 0. The summed E-state index contributed by atoms with van der Waals surface area (Å²) in [6.45, 7) is 0.544. The molecule has 0 saturated heterocycles. The van der Waals surface area contributed by atoms with Crippen LogP contribution >= 0.6 is 34.2 Å². The SMILES string of the molecule is NCCCCc1c(-c2ccccc2I)[nH]c2c(C(F)(F)F)ccc(Cl)c12. The molecule has 3 rings (SSSR count). The molecule has 3 aromatic rings. The van der Waals surface area contributed by atoms with Gasteiger partial charge in [-0.05, 0) is 72.2 Å². The van der Waals surface area contributed by atoms with Gasteiger partial charge in [-0.15, -0.1) is 0 Å². The van der Waals surface area contributed by atoms with Crippen molar-refractivity contribution >= 4 is 45.1 Å². The molecule has 0 atom stereocenters. The van der Waals surface area contributed by atoms with Gasteiger partial charge in [-0.25, -0.2) is 0 Å². The zero-order valence-electron chi connectivity index (χ0n) is 13.8. The number of hydrogen-bond donors (Lipinski definition) is 2. The van der Waals surface area contributed by atoms with E-state index in [1.165, 1.54) is 6.07 Å². The van der Waals surface area contributed by atoms with E-state index in [2.05, 4.69) is 27.6 Å². The van der Waals surface area contributed by atoms with Crippen LogP contribution in [0.4, 0.5) is 13.2 Å². The normalized spacial score (nSPS) is 12.1. The van der Waals surface area contributed by atoms with Crippen molar-refractivity contribution in [3.63, 3.8) is 0 Å². The second-order valence-corrected chi connectivity index (χ2v) is 7.62. The van der Waals surface area contributed by atoms with Crippen molar-refractivity contribution in [3.05, 3.63) is 56.1 Å². The first kappa shape index (κ1) is 19.5. The van der Waals surface area contributed by atoms with E-state index in [9.17, 15) is 13.2 Å². The van der Waals surface area contributed by atoms with E-state index in [0.29, 0.717) is 29.1 Å². The second kappa shape index (κ2) is 7.78. The molecule has 0 bridgehead atoms. The van der Waals surface area contributed by atoms with E-state index in [1.54, 1.807) is 0 Å². The van der Waals surface area contributed by atoms with Crippen LogP contribution in [0.1, 0.15) is 24.0 Å². The first-order valence-corrected chi connectivity index (χ1v) is 9.65. The summed E-state index contributed by atoms with van der Waals surface area (Å²) in [7, 11) is 0. The number of unbranched alkanes of at least 4 members (excludes halogenated alkanes) is 1. The van der Waals surface area contributed by atoms with Crippen molar-refractivity contribution in [1.82, 2.24) is 4.98 Å². The fourth-order valence-electron chi connectivity index (χ4n) is 3.15. The maximum absolute atomic E-state index is 13.5. The summed E-state index contributed by atoms with van der Waals surface area (Å²) in [4.78, 5) is 3.02. The number of nitrogens with two attached hydrogens (primary N) is 1. The summed E-state index contributed by atoms with van der Waals surface area (Å²) < 4.78 is 41.5. The molecule has 1 aromatic heterocycles. The Labute approximate surface area is 168 Å². The summed E-state index contributed by atoms with van der Waals surface area (Å²) in [6.07, 6.45) is -2.26. The van der Waals surface area contributed by atoms with Gasteiger partial charge >= 0.3 is 6.18 Å². The molecule has 138 valence electrons. The molecule has 0 fully saturated rings. The lowest BCUT2D eigenvalue weighted by Gasteiger charge is -2.09. The van der Waals surface area contributed by atoms with Crippen molar-refractivity contribution in [2.45, 2.75) is 25.4 Å². The van der Waals surface area contributed by atoms with E-state index < -0.39 is 11.7 Å². The number of halogens is 5. The number of aromatic nitrogens is 1. The highest BCUT2D eigenvalue weighted by atomic mass is 127. The largest absolute Gasteiger partial charge is 0.418 e. The molecule has 0 radical (unpaired) electrons. The van der Waals surface area contributed by atoms with Gasteiger partial charge in [0, 0.05) is 14.5 Å². The molecular formula is C19H17ClF3IN2. The Bertz CT molecular complexity index is 934. The Hall–Kier alpha value is -1.25. The lowest BCUT2D eigenvalue weighted by molar-refractivity contribution is -0.136. The fraction of sp³-hybridized carbons (Fsp3) is 0.263. The Morgan fingerprint density at radius 3 is 2.46 bits per heavy atom. The highest BCUT2D eigenvalue weighted by Crippen LogP contribution is 2.42. The molecule has 0 aliphatic heterocycles. The highest BCUT2D eigenvalue weighted by Gasteiger charge is 2.34. The molecule has 0 aliphatic rings. The van der Waals surface area contributed by atoms with Crippen LogP contribution in [0.2, 0.25) is 5.02 Å². The van der Waals surface area contributed by atoms with Crippen molar-refractivity contribution < 1.29 is 13.2 Å². The molecule has 0 amide bonds. The van der Waals surface area contributed by atoms with Crippen LogP contribution in [0.15, 0.2) is 36.4 Å². The van der Waals surface area contributed by atoms with Crippen LogP contribution in [-0.4, -0.2) is 11.5 Å². The van der Waals surface area contributed by atoms with Gasteiger partial charge in [-0.2, -0.15) is 13.2 Å². The summed E-state index contributed by atoms with van der Waals surface area (Å²) in [5.41, 5.74) is 7.31. The van der Waals surface area contributed by atoms with E-state index in [-0.39, 0.29) is 5.52 Å². The number of H-pyrrole nitrogens is 1. The van der Waals surface area contributed by atoms with Crippen molar-refractivity contribution in [1.29, 1.82) is 0 Å². The van der Waals surface area contributed by atoms with Gasteiger partial charge in [0.2, 0.25) is 0 Å². The molecule has 0 saturated carbocycles. The van der Waals surface area contributed by atoms with Gasteiger partial charge < -0.3 is 10.7 Å². The number of hydrogen-bond acceptors (Lipinski definition) is 1. The van der Waals surface area contributed by atoms with Gasteiger partial charge in [0.1, 0.15) is 0 Å². The molecule has 3 N–H and O–H groups in total. The minimum absolute atomic E-state index is 0.0439. The summed E-state index contributed by atoms with van der Waals surface area (Å²) in [6, 6.07) is 9.96. The van der Waals surface area contributed by atoms with Crippen LogP contribution in [0.25, 0.3) is 22.2 Å². The fourth-order valence-corrected chi connectivity index (χ4v) is 4.08. The minimum Gasteiger partial charge on any atom is -0.354 e. The Balaban J connectivity index is 2.31. The Morgan fingerprint density at radius 1 is 1.08 bits per heavy atom. The molecule has 0 unspecified atom stereocenters. The zero-order chi connectivity index (χ0) is 18.9. The van der Waals surface area contributed by atoms with E-state index in [0.717, 1.165) is 33.6 Å². The molecule has 0 aliphatic carbocycles. The van der Waals surface area contributed by atoms with Crippen molar-refractivity contribution in [2.24, 2.45) is 5.73 Å². The van der Waals surface area contributed by atoms with E-state index >= 15 is 0 Å². The number of aromatic amines is 1. The first-order chi connectivity index (χ1) is 12.3. The van der Waals surface area contributed by atoms with Gasteiger partial charge in [0.05, 0.1) is 21.8 Å². The maximum Gasteiger partial charge on any atom is 0.418 e. The zero-order valence-corrected chi connectivity index (χ0v) is 16.7. The van der Waals surface area contributed by atoms with E-state index in [4.69, 9.17) is 17.3 Å². The predicted octanol–water partition coefficient (Wildman–Crippen LogP) is 6.39. The van der Waals surface area contributed by atoms with Crippen LogP contribution in [0.3, 0.4) is 0 Å². The highest BCUT2D eigenvalue weighted by molar-refractivity contribution is 14.1. The maximum atomic E-state index is 13.5. The van der Waals surface area contributed by atoms with Crippen LogP contribution in [-0.2, 0) is 12.6 Å². The van der Waals surface area contributed by atoms with Gasteiger partial charge in [-0.3, -0.25) is 0 Å². The number of nitrogens with one attached hydrogen (secondary N) is 1. The molecular weight excluding hydrogens is 476 g/mol. The summed E-state index contributed by atoms with van der Waals surface area (Å²) >= 11 is 8.51. The lowest BCUT2D eigenvalue weighted by atomic mass is 9.99. The molecule has 26 heavy (non-hydrogen) atoms. The first-order valence-electron chi connectivity index (χ1n) is 8.19. The number of aryl methyl sites for hydroxylation is 1. The van der Waals surface area contributed by atoms with Crippen molar-refractivity contribution in [3.8, 4) is 11.3 Å². The van der Waals surface area contributed by atoms with Crippen LogP contribution in [0.5, 0.6) is 0 Å². The van der Waals surface area contributed by atoms with Crippen LogP contribution in [0, 0.1) is 3.57 Å². The molecule has 0 spiro atoms. The monoisotopic (exact) mass is 492 g/mol. The number of fused-ring (bicyclic) bond motifs is 1. The quantitative estimate of drug-likeness (QED) is 0.314. The smallest absolute Gasteiger partial charge is 0.354 e. The average molecular weight is 493 g/mol. The molecule has 7 heteroatoms. The van der Waals surface area contributed by atoms with Crippen LogP contribution < -0.4 is 5.73 Å². The lowest BCUT2D eigenvalue weighted by Crippen LogP contribution is -2.05. The third-order valence-corrected chi connectivity index (χ3v) is 5.59. The van der Waals surface area contributed by atoms with Gasteiger partial charge in [0.25, 0.3) is 0 Å². The standard InChI is InChI=1S/C19H17ClF3IN2/c20-14-9-8-13(19(21,22)23)18-16(14)12(6-3-4-10-25)17(26-18)11-5-1-2-7-15(11)24/h1-2,5,7-9,26H,3-4,6,10,25H2. The molecule has 2 nitrogen and oxygen atoms in total. The van der Waals surface area contributed by atoms with Gasteiger partial charge in [-0.1, -0.05) is 29.8 Å². The third-order valence-electron chi connectivity index (χ3n) is 4.34. The Morgan fingerprint density at radius 2 is 1.81 bits per heavy atom. The van der Waals surface area contributed by atoms with Gasteiger partial charge in [0.15, 0.2) is 0 Å². The second-order valence-electron chi connectivity index (χ2n) is 6.05. The topological polar surface area (TPSA) is 41.8 Å². The molecule has 2 aromatic carbocycles.